The maximum atomic E-state index is 12.6. The maximum Gasteiger partial charge on any atom is 0.223 e. The molecule has 0 saturated heterocycles. The molecular formula is C19H21N5O2. The summed E-state index contributed by atoms with van der Waals surface area (Å²) >= 11 is 0. The van der Waals surface area contributed by atoms with Gasteiger partial charge in [-0.2, -0.15) is 10.2 Å². The van der Waals surface area contributed by atoms with E-state index in [-0.39, 0.29) is 5.91 Å². The first kappa shape index (κ1) is 16.4. The molecule has 0 saturated carbocycles. The van der Waals surface area contributed by atoms with Crippen LogP contribution in [0.2, 0.25) is 0 Å². The van der Waals surface area contributed by atoms with Crippen LogP contribution in [0.4, 0.5) is 0 Å². The van der Waals surface area contributed by atoms with Crippen molar-refractivity contribution in [3.8, 4) is 17.0 Å². The molecule has 134 valence electrons. The molecule has 0 fully saturated rings. The first-order chi connectivity index (χ1) is 12.7. The lowest BCUT2D eigenvalue weighted by Crippen LogP contribution is -2.36. The standard InChI is InChI=1S/C19H21N5O2/c1-26-15-4-2-3-14(9-15)19-16-12-24(8-7-17(16)22-23-19)18(25)6-5-13-10-20-21-11-13/h2-4,9-11H,5-8,12H2,1H3,(H,20,21)(H,22,23). The number of fused-ring (bicyclic) bond motifs is 1. The van der Waals surface area contributed by atoms with Crippen molar-refractivity contribution in [2.75, 3.05) is 13.7 Å². The number of aromatic amines is 2. The predicted octanol–water partition coefficient (Wildman–Crippen LogP) is 2.33. The Morgan fingerprint density at radius 3 is 3.12 bits per heavy atom. The Morgan fingerprint density at radius 2 is 2.31 bits per heavy atom. The molecule has 1 amide bonds. The summed E-state index contributed by atoms with van der Waals surface area (Å²) < 4.78 is 5.31. The molecule has 0 aliphatic carbocycles. The SMILES string of the molecule is COc1cccc(-c2n[nH]c3c2CN(C(=O)CCc2cn[nH]c2)CC3)c1. The van der Waals surface area contributed by atoms with Gasteiger partial charge in [0, 0.05) is 48.9 Å². The van der Waals surface area contributed by atoms with Crippen LogP contribution in [-0.4, -0.2) is 44.9 Å². The van der Waals surface area contributed by atoms with Crippen LogP contribution < -0.4 is 4.74 Å². The van der Waals surface area contributed by atoms with Crippen molar-refractivity contribution >= 4 is 5.91 Å². The van der Waals surface area contributed by atoms with E-state index < -0.39 is 0 Å². The lowest BCUT2D eigenvalue weighted by molar-refractivity contribution is -0.132. The molecule has 1 aliphatic heterocycles. The lowest BCUT2D eigenvalue weighted by atomic mass is 10.0. The quantitative estimate of drug-likeness (QED) is 0.738. The molecule has 7 nitrogen and oxygen atoms in total. The number of nitrogens with zero attached hydrogens (tertiary/aromatic N) is 3. The van der Waals surface area contributed by atoms with Crippen molar-refractivity contribution in [2.24, 2.45) is 0 Å². The van der Waals surface area contributed by atoms with E-state index in [1.165, 1.54) is 0 Å². The molecular weight excluding hydrogens is 330 g/mol. The van der Waals surface area contributed by atoms with Gasteiger partial charge >= 0.3 is 0 Å². The number of nitrogens with one attached hydrogen (secondary N) is 2. The number of carbonyl (C=O) groups excluding carboxylic acids is 1. The Balaban J connectivity index is 1.50. The second-order valence-corrected chi connectivity index (χ2v) is 6.43. The zero-order chi connectivity index (χ0) is 17.9. The second-order valence-electron chi connectivity index (χ2n) is 6.43. The van der Waals surface area contributed by atoms with Gasteiger partial charge in [0.1, 0.15) is 5.75 Å². The van der Waals surface area contributed by atoms with Crippen LogP contribution in [0.1, 0.15) is 23.2 Å². The van der Waals surface area contributed by atoms with Gasteiger partial charge in [-0.1, -0.05) is 12.1 Å². The van der Waals surface area contributed by atoms with Gasteiger partial charge in [0.15, 0.2) is 0 Å². The van der Waals surface area contributed by atoms with Crippen molar-refractivity contribution < 1.29 is 9.53 Å². The van der Waals surface area contributed by atoms with Crippen LogP contribution in [0.15, 0.2) is 36.7 Å². The smallest absolute Gasteiger partial charge is 0.223 e. The molecule has 3 aromatic rings. The van der Waals surface area contributed by atoms with E-state index in [0.29, 0.717) is 19.4 Å². The molecule has 0 spiro atoms. The molecule has 0 unspecified atom stereocenters. The summed E-state index contributed by atoms with van der Waals surface area (Å²) in [5.41, 5.74) is 5.15. The minimum absolute atomic E-state index is 0.162. The molecule has 1 aliphatic rings. The van der Waals surface area contributed by atoms with Crippen LogP contribution in [0.25, 0.3) is 11.3 Å². The topological polar surface area (TPSA) is 86.9 Å². The fraction of sp³-hybridized carbons (Fsp3) is 0.316. The molecule has 4 rings (SSSR count). The van der Waals surface area contributed by atoms with Crippen LogP contribution in [-0.2, 0) is 24.2 Å². The highest BCUT2D eigenvalue weighted by molar-refractivity contribution is 5.77. The van der Waals surface area contributed by atoms with E-state index in [0.717, 1.165) is 46.8 Å². The number of carbonyl (C=O) groups is 1. The van der Waals surface area contributed by atoms with Crippen molar-refractivity contribution in [1.29, 1.82) is 0 Å². The third-order valence-corrected chi connectivity index (χ3v) is 4.81. The van der Waals surface area contributed by atoms with Gasteiger partial charge in [0.2, 0.25) is 5.91 Å². The van der Waals surface area contributed by atoms with Crippen molar-refractivity contribution in [3.63, 3.8) is 0 Å². The molecule has 0 bridgehead atoms. The Kier molecular flexibility index (Phi) is 4.43. The van der Waals surface area contributed by atoms with E-state index in [1.54, 1.807) is 13.3 Å². The number of ether oxygens (including phenoxy) is 1. The lowest BCUT2D eigenvalue weighted by Gasteiger charge is -2.27. The summed E-state index contributed by atoms with van der Waals surface area (Å²) in [6, 6.07) is 7.84. The van der Waals surface area contributed by atoms with E-state index >= 15 is 0 Å². The number of amides is 1. The molecule has 26 heavy (non-hydrogen) atoms. The van der Waals surface area contributed by atoms with Gasteiger partial charge in [-0.05, 0) is 24.1 Å². The molecule has 1 aromatic carbocycles. The summed E-state index contributed by atoms with van der Waals surface area (Å²) in [6.45, 7) is 1.31. The largest absolute Gasteiger partial charge is 0.497 e. The highest BCUT2D eigenvalue weighted by Gasteiger charge is 2.25. The normalized spacial score (nSPS) is 13.5. The average molecular weight is 351 g/mol. The van der Waals surface area contributed by atoms with Crippen LogP contribution in [0, 0.1) is 0 Å². The Hall–Kier alpha value is -3.09. The third kappa shape index (κ3) is 3.20. The van der Waals surface area contributed by atoms with Crippen LogP contribution in [0.5, 0.6) is 5.75 Å². The number of H-pyrrole nitrogens is 2. The predicted molar refractivity (Wildman–Crippen MR) is 96.6 cm³/mol. The monoisotopic (exact) mass is 351 g/mol. The molecule has 0 radical (unpaired) electrons. The summed E-state index contributed by atoms with van der Waals surface area (Å²) in [5.74, 6) is 0.956. The van der Waals surface area contributed by atoms with E-state index in [1.807, 2.05) is 35.4 Å². The fourth-order valence-corrected chi connectivity index (χ4v) is 3.34. The highest BCUT2D eigenvalue weighted by atomic mass is 16.5. The van der Waals surface area contributed by atoms with Crippen LogP contribution in [0.3, 0.4) is 0 Å². The second kappa shape index (κ2) is 7.03. The van der Waals surface area contributed by atoms with Crippen molar-refractivity contribution in [2.45, 2.75) is 25.8 Å². The Morgan fingerprint density at radius 1 is 1.38 bits per heavy atom. The number of benzene rings is 1. The van der Waals surface area contributed by atoms with Crippen LogP contribution >= 0.6 is 0 Å². The Bertz CT molecular complexity index is 901. The Labute approximate surface area is 151 Å². The van der Waals surface area contributed by atoms with Gasteiger partial charge in [-0.15, -0.1) is 0 Å². The molecule has 7 heteroatoms. The van der Waals surface area contributed by atoms with Crippen molar-refractivity contribution in [3.05, 3.63) is 53.5 Å². The maximum absolute atomic E-state index is 12.6. The fourth-order valence-electron chi connectivity index (χ4n) is 3.34. The molecule has 3 heterocycles. The molecule has 0 atom stereocenters. The number of rotatable bonds is 5. The minimum Gasteiger partial charge on any atom is -0.497 e. The first-order valence-corrected chi connectivity index (χ1v) is 8.70. The van der Waals surface area contributed by atoms with Gasteiger partial charge in [-0.25, -0.2) is 0 Å². The van der Waals surface area contributed by atoms with Gasteiger partial charge in [0.05, 0.1) is 19.0 Å². The number of aromatic nitrogens is 4. The number of aryl methyl sites for hydroxylation is 1. The van der Waals surface area contributed by atoms with Gasteiger partial charge in [0.25, 0.3) is 0 Å². The number of methoxy groups -OCH3 is 1. The molecule has 2 N–H and O–H groups in total. The summed E-state index contributed by atoms with van der Waals surface area (Å²) in [7, 11) is 1.65. The average Bonchev–Trinajstić information content (AvgIpc) is 3.35. The van der Waals surface area contributed by atoms with Crippen molar-refractivity contribution in [1.82, 2.24) is 25.3 Å². The van der Waals surface area contributed by atoms with E-state index in [9.17, 15) is 4.79 Å². The van der Waals surface area contributed by atoms with E-state index in [2.05, 4.69) is 20.4 Å². The summed E-state index contributed by atoms with van der Waals surface area (Å²) in [4.78, 5) is 14.5. The molecule has 2 aromatic heterocycles. The number of hydrogen-bond donors (Lipinski definition) is 2. The zero-order valence-corrected chi connectivity index (χ0v) is 14.7. The summed E-state index contributed by atoms with van der Waals surface area (Å²) in [6.07, 6.45) is 5.58. The third-order valence-electron chi connectivity index (χ3n) is 4.81. The summed E-state index contributed by atoms with van der Waals surface area (Å²) in [5, 5.41) is 14.3. The van der Waals surface area contributed by atoms with Gasteiger partial charge < -0.3 is 9.64 Å². The zero-order valence-electron chi connectivity index (χ0n) is 14.7. The minimum atomic E-state index is 0.162. The van der Waals surface area contributed by atoms with E-state index in [4.69, 9.17) is 4.74 Å². The number of hydrogen-bond acceptors (Lipinski definition) is 4. The first-order valence-electron chi connectivity index (χ1n) is 8.70. The van der Waals surface area contributed by atoms with Gasteiger partial charge in [-0.3, -0.25) is 15.0 Å². The highest BCUT2D eigenvalue weighted by Crippen LogP contribution is 2.30.